The van der Waals surface area contributed by atoms with Crippen molar-refractivity contribution in [2.45, 2.75) is 25.1 Å². The molecule has 1 unspecified atom stereocenters. The molecule has 8 heteroatoms. The first-order valence-corrected chi connectivity index (χ1v) is 7.71. The molecule has 1 N–H and O–H groups in total. The molecular formula is C16H20F3NO4. The van der Waals surface area contributed by atoms with E-state index in [4.69, 9.17) is 9.47 Å². The van der Waals surface area contributed by atoms with E-state index in [9.17, 15) is 18.0 Å². The first kappa shape index (κ1) is 18.5. The molecule has 1 fully saturated rings. The Morgan fingerprint density at radius 2 is 2.21 bits per heavy atom. The molecule has 0 radical (unpaired) electrons. The van der Waals surface area contributed by atoms with Crippen molar-refractivity contribution in [1.29, 1.82) is 0 Å². The number of benzene rings is 1. The van der Waals surface area contributed by atoms with Gasteiger partial charge in [-0.2, -0.15) is 13.2 Å². The Morgan fingerprint density at radius 1 is 1.38 bits per heavy atom. The highest BCUT2D eigenvalue weighted by Gasteiger charge is 2.27. The van der Waals surface area contributed by atoms with E-state index in [1.165, 1.54) is 0 Å². The molecule has 2 rings (SSSR count). The summed E-state index contributed by atoms with van der Waals surface area (Å²) in [4.78, 5) is 11.9. The monoisotopic (exact) mass is 347 g/mol. The fourth-order valence-electron chi connectivity index (χ4n) is 2.22. The fraction of sp³-hybridized carbons (Fsp3) is 0.562. The molecule has 5 nitrogen and oxygen atoms in total. The van der Waals surface area contributed by atoms with Gasteiger partial charge in [0.1, 0.15) is 19.0 Å². The summed E-state index contributed by atoms with van der Waals surface area (Å²) in [5, 5.41) is 2.50. The fourth-order valence-corrected chi connectivity index (χ4v) is 2.22. The van der Waals surface area contributed by atoms with E-state index in [0.717, 1.165) is 19.4 Å². The van der Waals surface area contributed by atoms with Gasteiger partial charge in [0, 0.05) is 18.7 Å². The molecule has 0 spiro atoms. The number of carbonyl (C=O) groups excluding carboxylic acids is 1. The molecule has 1 atom stereocenters. The quantitative estimate of drug-likeness (QED) is 0.735. The van der Waals surface area contributed by atoms with Gasteiger partial charge in [-0.15, -0.1) is 0 Å². The van der Waals surface area contributed by atoms with Crippen molar-refractivity contribution in [2.24, 2.45) is 0 Å². The standard InChI is InChI=1S/C16H20F3NO4/c17-16(18,19)11-22-8-6-20-15(21)12-3-1-4-13(9-12)24-10-14-5-2-7-23-14/h1,3-4,9,14H,2,5-8,10-11H2,(H,20,21). The van der Waals surface area contributed by atoms with Crippen LogP contribution in [0.2, 0.25) is 0 Å². The van der Waals surface area contributed by atoms with Crippen molar-refractivity contribution in [3.8, 4) is 5.75 Å². The van der Waals surface area contributed by atoms with Crippen molar-refractivity contribution in [3.05, 3.63) is 29.8 Å². The first-order chi connectivity index (χ1) is 11.4. The summed E-state index contributed by atoms with van der Waals surface area (Å²) in [6, 6.07) is 6.60. The van der Waals surface area contributed by atoms with Gasteiger partial charge in [0.2, 0.25) is 0 Å². The lowest BCUT2D eigenvalue weighted by Gasteiger charge is -2.12. The van der Waals surface area contributed by atoms with Gasteiger partial charge < -0.3 is 19.5 Å². The highest BCUT2D eigenvalue weighted by Crippen LogP contribution is 2.17. The van der Waals surface area contributed by atoms with E-state index in [2.05, 4.69) is 10.1 Å². The zero-order valence-electron chi connectivity index (χ0n) is 13.1. The van der Waals surface area contributed by atoms with E-state index in [1.54, 1.807) is 24.3 Å². The third-order valence-electron chi connectivity index (χ3n) is 3.35. The third kappa shape index (κ3) is 6.76. The molecule has 1 aromatic rings. The number of rotatable bonds is 8. The Labute approximate surface area is 138 Å². The van der Waals surface area contributed by atoms with Crippen LogP contribution in [0.25, 0.3) is 0 Å². The molecular weight excluding hydrogens is 327 g/mol. The molecule has 1 amide bonds. The SMILES string of the molecule is O=C(NCCOCC(F)(F)F)c1cccc(OCC2CCCO2)c1. The Morgan fingerprint density at radius 3 is 2.92 bits per heavy atom. The average Bonchev–Trinajstić information content (AvgIpc) is 3.05. The number of amides is 1. The lowest BCUT2D eigenvalue weighted by Crippen LogP contribution is -2.28. The van der Waals surface area contributed by atoms with Crippen LogP contribution in [0.3, 0.4) is 0 Å². The molecule has 1 saturated heterocycles. The summed E-state index contributed by atoms with van der Waals surface area (Å²) in [6.07, 6.45) is -2.31. The smallest absolute Gasteiger partial charge is 0.411 e. The van der Waals surface area contributed by atoms with Gasteiger partial charge in [-0.1, -0.05) is 6.07 Å². The van der Waals surface area contributed by atoms with Gasteiger partial charge >= 0.3 is 6.18 Å². The number of halogens is 3. The number of nitrogens with one attached hydrogen (secondary N) is 1. The molecule has 134 valence electrons. The number of hydrogen-bond acceptors (Lipinski definition) is 4. The minimum atomic E-state index is -4.36. The van der Waals surface area contributed by atoms with Crippen molar-refractivity contribution in [3.63, 3.8) is 0 Å². The maximum Gasteiger partial charge on any atom is 0.411 e. The predicted octanol–water partition coefficient (Wildman–Crippen LogP) is 2.55. The van der Waals surface area contributed by atoms with Crippen LogP contribution in [-0.4, -0.2) is 51.2 Å². The Kier molecular flexibility index (Phi) is 6.86. The summed E-state index contributed by atoms with van der Waals surface area (Å²) < 4.78 is 51.2. The van der Waals surface area contributed by atoms with Crippen molar-refractivity contribution in [2.75, 3.05) is 33.0 Å². The molecule has 1 heterocycles. The third-order valence-corrected chi connectivity index (χ3v) is 3.35. The Bertz CT molecular complexity index is 530. The van der Waals surface area contributed by atoms with Crippen molar-refractivity contribution < 1.29 is 32.2 Å². The molecule has 24 heavy (non-hydrogen) atoms. The average molecular weight is 347 g/mol. The Balaban J connectivity index is 1.72. The van der Waals surface area contributed by atoms with E-state index in [0.29, 0.717) is 17.9 Å². The number of ether oxygens (including phenoxy) is 3. The van der Waals surface area contributed by atoms with Gasteiger partial charge in [-0.3, -0.25) is 4.79 Å². The van der Waals surface area contributed by atoms with Crippen LogP contribution < -0.4 is 10.1 Å². The maximum atomic E-state index is 11.9. The van der Waals surface area contributed by atoms with Crippen LogP contribution in [0.4, 0.5) is 13.2 Å². The van der Waals surface area contributed by atoms with E-state index < -0.39 is 18.7 Å². The number of alkyl halides is 3. The minimum Gasteiger partial charge on any atom is -0.491 e. The maximum absolute atomic E-state index is 11.9. The second-order valence-electron chi connectivity index (χ2n) is 5.40. The highest BCUT2D eigenvalue weighted by molar-refractivity contribution is 5.94. The zero-order valence-corrected chi connectivity index (χ0v) is 13.1. The molecule has 1 aromatic carbocycles. The van der Waals surface area contributed by atoms with E-state index >= 15 is 0 Å². The van der Waals surface area contributed by atoms with Crippen LogP contribution in [0.1, 0.15) is 23.2 Å². The van der Waals surface area contributed by atoms with Crippen LogP contribution in [0.5, 0.6) is 5.75 Å². The summed E-state index contributed by atoms with van der Waals surface area (Å²) in [7, 11) is 0. The second-order valence-corrected chi connectivity index (χ2v) is 5.40. The van der Waals surface area contributed by atoms with Gasteiger partial charge in [0.05, 0.1) is 12.7 Å². The molecule has 0 aliphatic carbocycles. The van der Waals surface area contributed by atoms with Crippen molar-refractivity contribution >= 4 is 5.91 Å². The molecule has 0 bridgehead atoms. The van der Waals surface area contributed by atoms with Crippen LogP contribution >= 0.6 is 0 Å². The molecule has 1 aliphatic heterocycles. The van der Waals surface area contributed by atoms with Gasteiger partial charge in [0.25, 0.3) is 5.91 Å². The molecule has 1 aliphatic rings. The highest BCUT2D eigenvalue weighted by atomic mass is 19.4. The van der Waals surface area contributed by atoms with Crippen LogP contribution in [0, 0.1) is 0 Å². The number of hydrogen-bond donors (Lipinski definition) is 1. The van der Waals surface area contributed by atoms with Gasteiger partial charge in [-0.25, -0.2) is 0 Å². The Hall–Kier alpha value is -1.80. The lowest BCUT2D eigenvalue weighted by molar-refractivity contribution is -0.173. The topological polar surface area (TPSA) is 56.8 Å². The number of carbonyl (C=O) groups is 1. The minimum absolute atomic E-state index is 0.00406. The predicted molar refractivity (Wildman–Crippen MR) is 80.1 cm³/mol. The largest absolute Gasteiger partial charge is 0.491 e. The zero-order chi connectivity index (χ0) is 17.4. The summed E-state index contributed by atoms with van der Waals surface area (Å²) in [5.74, 6) is 0.152. The molecule has 0 aromatic heterocycles. The first-order valence-electron chi connectivity index (χ1n) is 7.71. The molecule has 0 saturated carbocycles. The van der Waals surface area contributed by atoms with Gasteiger partial charge in [-0.05, 0) is 31.0 Å². The summed E-state index contributed by atoms with van der Waals surface area (Å²) in [5.41, 5.74) is 0.371. The normalized spacial score (nSPS) is 17.7. The van der Waals surface area contributed by atoms with E-state index in [-0.39, 0.29) is 19.3 Å². The van der Waals surface area contributed by atoms with Gasteiger partial charge in [0.15, 0.2) is 0 Å². The lowest BCUT2D eigenvalue weighted by atomic mass is 10.2. The second kappa shape index (κ2) is 8.89. The van der Waals surface area contributed by atoms with E-state index in [1.807, 2.05) is 0 Å². The van der Waals surface area contributed by atoms with Crippen LogP contribution in [-0.2, 0) is 9.47 Å². The van der Waals surface area contributed by atoms with Crippen molar-refractivity contribution in [1.82, 2.24) is 5.32 Å². The van der Waals surface area contributed by atoms with Crippen LogP contribution in [0.15, 0.2) is 24.3 Å². The summed E-state index contributed by atoms with van der Waals surface area (Å²) >= 11 is 0. The summed E-state index contributed by atoms with van der Waals surface area (Å²) in [6.45, 7) is -0.366.